The Kier molecular flexibility index (Phi) is 6.08. The molecule has 1 amide bonds. The van der Waals surface area contributed by atoms with Crippen molar-refractivity contribution in [2.45, 2.75) is 58.7 Å². The van der Waals surface area contributed by atoms with E-state index in [0.717, 1.165) is 24.1 Å². The molecule has 0 aromatic heterocycles. The van der Waals surface area contributed by atoms with Crippen molar-refractivity contribution in [3.05, 3.63) is 23.8 Å². The third-order valence-electron chi connectivity index (χ3n) is 3.97. The molecular weight excluding hydrogens is 356 g/mol. The average molecular weight is 382 g/mol. The lowest BCUT2D eigenvalue weighted by molar-refractivity contribution is -0.141. The van der Waals surface area contributed by atoms with Gasteiger partial charge in [-0.3, -0.25) is 4.79 Å². The van der Waals surface area contributed by atoms with E-state index >= 15 is 0 Å². The highest BCUT2D eigenvalue weighted by Crippen LogP contribution is 2.42. The summed E-state index contributed by atoms with van der Waals surface area (Å²) in [5.41, 5.74) is 0.663. The van der Waals surface area contributed by atoms with Crippen LogP contribution in [0.1, 0.15) is 40.2 Å². The summed E-state index contributed by atoms with van der Waals surface area (Å²) in [5, 5.41) is 9.24. The van der Waals surface area contributed by atoms with E-state index in [1.807, 2.05) is 39.8 Å². The first kappa shape index (κ1) is 20.4. The van der Waals surface area contributed by atoms with Gasteiger partial charge in [0.1, 0.15) is 11.6 Å². The number of carbonyl (C=O) groups excluding carboxylic acids is 1. The lowest BCUT2D eigenvalue weighted by Gasteiger charge is -2.31. The smallest absolute Gasteiger partial charge is 0.426 e. The molecule has 7 nitrogen and oxygen atoms in total. The summed E-state index contributed by atoms with van der Waals surface area (Å²) in [6, 6.07) is 4.64. The number of fused-ring (bicyclic) bond motifs is 1. The molecular formula is C18H26N2O5S. The topological polar surface area (TPSA) is 79.3 Å². The summed E-state index contributed by atoms with van der Waals surface area (Å²) in [7, 11) is 1.55. The number of aliphatic carboxylic acids is 1. The summed E-state index contributed by atoms with van der Waals surface area (Å²) in [6.07, 6.45) is 0.148. The van der Waals surface area contributed by atoms with Crippen LogP contribution in [0.25, 0.3) is 0 Å². The Hall–Kier alpha value is -1.93. The predicted octanol–water partition coefficient (Wildman–Crippen LogP) is 3.58. The first-order chi connectivity index (χ1) is 12.0. The molecule has 1 aromatic carbocycles. The Morgan fingerprint density at radius 1 is 1.31 bits per heavy atom. The van der Waals surface area contributed by atoms with Gasteiger partial charge in [0.2, 0.25) is 0 Å². The third kappa shape index (κ3) is 4.62. The molecule has 0 fully saturated rings. The van der Waals surface area contributed by atoms with Crippen LogP contribution in [-0.4, -0.2) is 50.5 Å². The number of carboxylic acids is 1. The standard InChI is InChI=1S/C18H26N2O5S/c1-11(2)20(12(3)16(21)22)26-19(6)17(23)24-14-9-7-8-13-10-18(4,5)25-15(13)14/h7-9,11-12H,10H2,1-6H3,(H,21,22)/t12-/m0/s1. The van der Waals surface area contributed by atoms with E-state index in [9.17, 15) is 14.7 Å². The second kappa shape index (κ2) is 7.75. The SMILES string of the molecule is CC(C)N(SN(C)C(=O)Oc1cccc2c1OC(C)(C)C2)[C@@H](C)C(=O)O. The minimum absolute atomic E-state index is 0.0774. The van der Waals surface area contributed by atoms with Crippen molar-refractivity contribution in [1.29, 1.82) is 0 Å². The number of rotatable bonds is 6. The van der Waals surface area contributed by atoms with Crippen molar-refractivity contribution in [2.75, 3.05) is 7.05 Å². The average Bonchev–Trinajstić information content (AvgIpc) is 2.86. The number of carbonyl (C=O) groups is 2. The first-order valence-electron chi connectivity index (χ1n) is 8.47. The Balaban J connectivity index is 2.09. The monoisotopic (exact) mass is 382 g/mol. The van der Waals surface area contributed by atoms with Crippen molar-refractivity contribution in [1.82, 2.24) is 8.61 Å². The molecule has 0 spiro atoms. The van der Waals surface area contributed by atoms with Crippen molar-refractivity contribution in [3.8, 4) is 11.5 Å². The Labute approximate surface area is 158 Å². The minimum Gasteiger partial charge on any atom is -0.483 e. The third-order valence-corrected chi connectivity index (χ3v) is 5.29. The Morgan fingerprint density at radius 3 is 2.54 bits per heavy atom. The molecule has 0 radical (unpaired) electrons. The maximum Gasteiger partial charge on any atom is 0.426 e. The maximum atomic E-state index is 12.5. The molecule has 0 bridgehead atoms. The van der Waals surface area contributed by atoms with Crippen molar-refractivity contribution < 1.29 is 24.2 Å². The van der Waals surface area contributed by atoms with Gasteiger partial charge in [-0.15, -0.1) is 0 Å². The number of nitrogens with zero attached hydrogens (tertiary/aromatic N) is 2. The van der Waals surface area contributed by atoms with E-state index in [-0.39, 0.29) is 11.6 Å². The second-order valence-electron chi connectivity index (χ2n) is 7.20. The van der Waals surface area contributed by atoms with Gasteiger partial charge in [0.05, 0.1) is 0 Å². The van der Waals surface area contributed by atoms with Gasteiger partial charge in [-0.25, -0.2) is 13.4 Å². The lowest BCUT2D eigenvalue weighted by atomic mass is 10.0. The quantitative estimate of drug-likeness (QED) is 0.753. The molecule has 0 saturated carbocycles. The first-order valence-corrected chi connectivity index (χ1v) is 9.20. The lowest BCUT2D eigenvalue weighted by Crippen LogP contribution is -2.42. The maximum absolute atomic E-state index is 12.5. The van der Waals surface area contributed by atoms with Crippen LogP contribution in [0.3, 0.4) is 0 Å². The molecule has 2 rings (SSSR count). The van der Waals surface area contributed by atoms with Gasteiger partial charge in [-0.05, 0) is 40.7 Å². The number of hydrogen-bond acceptors (Lipinski definition) is 6. The molecule has 0 unspecified atom stereocenters. The number of amides is 1. The summed E-state index contributed by atoms with van der Waals surface area (Å²) >= 11 is 1.02. The number of carboxylic acid groups (broad SMARTS) is 1. The van der Waals surface area contributed by atoms with Gasteiger partial charge >= 0.3 is 12.1 Å². The summed E-state index contributed by atoms with van der Waals surface area (Å²) < 4.78 is 14.3. The van der Waals surface area contributed by atoms with Gasteiger partial charge in [0, 0.05) is 37.2 Å². The Morgan fingerprint density at radius 2 is 1.96 bits per heavy atom. The number of benzene rings is 1. The van der Waals surface area contributed by atoms with Crippen molar-refractivity contribution in [2.24, 2.45) is 0 Å². The van der Waals surface area contributed by atoms with Gasteiger partial charge in [-0.1, -0.05) is 12.1 Å². The molecule has 26 heavy (non-hydrogen) atoms. The van der Waals surface area contributed by atoms with Crippen LogP contribution in [-0.2, 0) is 11.2 Å². The summed E-state index contributed by atoms with van der Waals surface area (Å²) in [5.74, 6) is 0.00116. The molecule has 0 saturated heterocycles. The van der Waals surface area contributed by atoms with E-state index in [1.165, 1.54) is 4.31 Å². The highest BCUT2D eigenvalue weighted by molar-refractivity contribution is 7.95. The van der Waals surface area contributed by atoms with E-state index in [4.69, 9.17) is 9.47 Å². The van der Waals surface area contributed by atoms with Crippen LogP contribution in [0.4, 0.5) is 4.79 Å². The van der Waals surface area contributed by atoms with Crippen LogP contribution in [0.5, 0.6) is 11.5 Å². The predicted molar refractivity (Wildman–Crippen MR) is 100 cm³/mol. The zero-order valence-electron chi connectivity index (χ0n) is 16.0. The number of hydrogen-bond donors (Lipinski definition) is 1. The number of para-hydroxylation sites is 1. The molecule has 1 aliphatic rings. The molecule has 1 aromatic rings. The highest BCUT2D eigenvalue weighted by atomic mass is 32.2. The molecule has 0 aliphatic carbocycles. The molecule has 1 heterocycles. The van der Waals surface area contributed by atoms with Crippen LogP contribution < -0.4 is 9.47 Å². The fourth-order valence-electron chi connectivity index (χ4n) is 2.72. The molecule has 1 aliphatic heterocycles. The molecule has 8 heteroatoms. The zero-order valence-corrected chi connectivity index (χ0v) is 16.8. The second-order valence-corrected chi connectivity index (χ2v) is 8.33. The van der Waals surface area contributed by atoms with Crippen LogP contribution in [0.15, 0.2) is 18.2 Å². The van der Waals surface area contributed by atoms with Crippen LogP contribution in [0.2, 0.25) is 0 Å². The fourth-order valence-corrected chi connectivity index (χ4v) is 3.53. The van der Waals surface area contributed by atoms with Crippen molar-refractivity contribution >= 4 is 24.2 Å². The van der Waals surface area contributed by atoms with Gasteiger partial charge in [0.25, 0.3) is 0 Å². The minimum atomic E-state index is -0.954. The largest absolute Gasteiger partial charge is 0.483 e. The summed E-state index contributed by atoms with van der Waals surface area (Å²) in [4.78, 5) is 23.7. The molecule has 1 atom stereocenters. The van der Waals surface area contributed by atoms with Gasteiger partial charge in [0.15, 0.2) is 11.5 Å². The van der Waals surface area contributed by atoms with Crippen molar-refractivity contribution in [3.63, 3.8) is 0 Å². The normalized spacial score (nSPS) is 16.2. The van der Waals surface area contributed by atoms with E-state index < -0.39 is 18.1 Å². The highest BCUT2D eigenvalue weighted by Gasteiger charge is 2.33. The van der Waals surface area contributed by atoms with E-state index in [1.54, 1.807) is 24.3 Å². The van der Waals surface area contributed by atoms with Crippen LogP contribution in [0, 0.1) is 0 Å². The number of ether oxygens (including phenoxy) is 2. The molecule has 144 valence electrons. The Bertz CT molecular complexity index is 692. The zero-order chi connectivity index (χ0) is 19.6. The fraction of sp³-hybridized carbons (Fsp3) is 0.556. The van der Waals surface area contributed by atoms with Gasteiger partial charge < -0.3 is 14.6 Å². The molecule has 1 N–H and O–H groups in total. The van der Waals surface area contributed by atoms with E-state index in [2.05, 4.69) is 0 Å². The van der Waals surface area contributed by atoms with Gasteiger partial charge in [-0.2, -0.15) is 0 Å². The van der Waals surface area contributed by atoms with E-state index in [0.29, 0.717) is 11.5 Å². The van der Waals surface area contributed by atoms with Crippen LogP contribution >= 0.6 is 12.1 Å². The summed E-state index contributed by atoms with van der Waals surface area (Å²) in [6.45, 7) is 9.27.